The van der Waals surface area contributed by atoms with Crippen molar-refractivity contribution in [1.29, 1.82) is 0 Å². The monoisotopic (exact) mass is 318 g/mol. The average Bonchev–Trinajstić information content (AvgIpc) is 2.55. The van der Waals surface area contributed by atoms with Crippen LogP contribution in [0, 0.1) is 0 Å². The smallest absolute Gasteiger partial charge is 0.227 e. The lowest BCUT2D eigenvalue weighted by Crippen LogP contribution is -1.98. The topological polar surface area (TPSA) is 70.1 Å². The molecule has 120 valence electrons. The van der Waals surface area contributed by atoms with E-state index in [1.54, 1.807) is 24.4 Å². The molecule has 2 aromatic carbocycles. The maximum absolute atomic E-state index is 9.52. The fourth-order valence-corrected chi connectivity index (χ4v) is 2.26. The normalized spacial score (nSPS) is 10.2. The SMILES string of the molecule is C=C(C)Nc1ccc(-c2ccnc(Nc3cccc(O)c3)n2)cc1. The number of nitrogens with one attached hydrogen (secondary N) is 2. The van der Waals surface area contributed by atoms with Crippen molar-refractivity contribution in [3.63, 3.8) is 0 Å². The quantitative estimate of drug-likeness (QED) is 0.644. The Morgan fingerprint density at radius 2 is 1.83 bits per heavy atom. The maximum Gasteiger partial charge on any atom is 0.227 e. The Morgan fingerprint density at radius 3 is 2.54 bits per heavy atom. The molecule has 0 saturated heterocycles. The van der Waals surface area contributed by atoms with Gasteiger partial charge in [0, 0.05) is 34.9 Å². The van der Waals surface area contributed by atoms with Gasteiger partial charge in [0.1, 0.15) is 5.75 Å². The predicted molar refractivity (Wildman–Crippen MR) is 97.3 cm³/mol. The van der Waals surface area contributed by atoms with Crippen LogP contribution < -0.4 is 10.6 Å². The molecule has 0 amide bonds. The molecule has 1 aromatic heterocycles. The molecule has 3 aromatic rings. The molecule has 0 fully saturated rings. The minimum absolute atomic E-state index is 0.191. The average molecular weight is 318 g/mol. The minimum atomic E-state index is 0.191. The second-order valence-electron chi connectivity index (χ2n) is 5.42. The van der Waals surface area contributed by atoms with E-state index in [1.807, 2.05) is 43.3 Å². The Balaban J connectivity index is 1.81. The van der Waals surface area contributed by atoms with Gasteiger partial charge in [-0.2, -0.15) is 0 Å². The summed E-state index contributed by atoms with van der Waals surface area (Å²) >= 11 is 0. The van der Waals surface area contributed by atoms with Crippen LogP contribution in [0.1, 0.15) is 6.92 Å². The van der Waals surface area contributed by atoms with Crippen LogP contribution in [0.3, 0.4) is 0 Å². The van der Waals surface area contributed by atoms with Gasteiger partial charge in [-0.05, 0) is 37.3 Å². The second kappa shape index (κ2) is 6.83. The summed E-state index contributed by atoms with van der Waals surface area (Å²) < 4.78 is 0. The van der Waals surface area contributed by atoms with Gasteiger partial charge in [-0.25, -0.2) is 9.97 Å². The molecule has 0 aliphatic heterocycles. The Labute approximate surface area is 140 Å². The summed E-state index contributed by atoms with van der Waals surface area (Å²) in [4.78, 5) is 8.74. The number of aromatic hydroxyl groups is 1. The number of aromatic nitrogens is 2. The molecule has 0 bridgehead atoms. The van der Waals surface area contributed by atoms with Crippen molar-refractivity contribution in [3.8, 4) is 17.0 Å². The van der Waals surface area contributed by atoms with E-state index in [9.17, 15) is 5.11 Å². The highest BCUT2D eigenvalue weighted by atomic mass is 16.3. The van der Waals surface area contributed by atoms with Gasteiger partial charge in [-0.1, -0.05) is 24.8 Å². The number of hydrogen-bond donors (Lipinski definition) is 3. The van der Waals surface area contributed by atoms with Gasteiger partial charge in [0.05, 0.1) is 5.69 Å². The third-order valence-corrected chi connectivity index (χ3v) is 3.30. The van der Waals surface area contributed by atoms with Crippen molar-refractivity contribution >= 4 is 17.3 Å². The van der Waals surface area contributed by atoms with Crippen molar-refractivity contribution in [2.45, 2.75) is 6.92 Å². The fourth-order valence-electron chi connectivity index (χ4n) is 2.26. The molecule has 0 aliphatic rings. The Hall–Kier alpha value is -3.34. The van der Waals surface area contributed by atoms with E-state index >= 15 is 0 Å². The molecule has 0 radical (unpaired) electrons. The zero-order valence-corrected chi connectivity index (χ0v) is 13.3. The molecule has 0 spiro atoms. The molecule has 0 atom stereocenters. The minimum Gasteiger partial charge on any atom is -0.508 e. The number of allylic oxidation sites excluding steroid dienone is 1. The largest absolute Gasteiger partial charge is 0.508 e. The van der Waals surface area contributed by atoms with E-state index in [-0.39, 0.29) is 5.75 Å². The van der Waals surface area contributed by atoms with Crippen molar-refractivity contribution in [2.24, 2.45) is 0 Å². The van der Waals surface area contributed by atoms with Crippen LogP contribution in [0.25, 0.3) is 11.3 Å². The summed E-state index contributed by atoms with van der Waals surface area (Å²) in [5, 5.41) is 15.8. The first-order valence-corrected chi connectivity index (χ1v) is 7.52. The molecular formula is C19H18N4O. The third-order valence-electron chi connectivity index (χ3n) is 3.30. The van der Waals surface area contributed by atoms with Gasteiger partial charge in [0.2, 0.25) is 5.95 Å². The predicted octanol–water partition coefficient (Wildman–Crippen LogP) is 4.54. The van der Waals surface area contributed by atoms with Gasteiger partial charge in [0.25, 0.3) is 0 Å². The fraction of sp³-hybridized carbons (Fsp3) is 0.0526. The van der Waals surface area contributed by atoms with Gasteiger partial charge in [-0.15, -0.1) is 0 Å². The molecular weight excluding hydrogens is 300 g/mol. The Bertz CT molecular complexity index is 859. The van der Waals surface area contributed by atoms with Crippen molar-refractivity contribution < 1.29 is 5.11 Å². The van der Waals surface area contributed by atoms with Crippen LogP contribution in [-0.4, -0.2) is 15.1 Å². The second-order valence-corrected chi connectivity index (χ2v) is 5.42. The molecule has 24 heavy (non-hydrogen) atoms. The third kappa shape index (κ3) is 3.89. The van der Waals surface area contributed by atoms with Crippen LogP contribution in [0.2, 0.25) is 0 Å². The number of nitrogens with zero attached hydrogens (tertiary/aromatic N) is 2. The molecule has 5 nitrogen and oxygen atoms in total. The van der Waals surface area contributed by atoms with Crippen molar-refractivity contribution in [2.75, 3.05) is 10.6 Å². The molecule has 5 heteroatoms. The van der Waals surface area contributed by atoms with E-state index in [4.69, 9.17) is 0 Å². The summed E-state index contributed by atoms with van der Waals surface area (Å²) in [5.41, 5.74) is 4.41. The van der Waals surface area contributed by atoms with Crippen molar-refractivity contribution in [1.82, 2.24) is 9.97 Å². The Kier molecular flexibility index (Phi) is 4.43. The van der Waals surface area contributed by atoms with Crippen LogP contribution in [0.15, 0.2) is 73.1 Å². The molecule has 0 unspecified atom stereocenters. The highest BCUT2D eigenvalue weighted by Crippen LogP contribution is 2.23. The Morgan fingerprint density at radius 1 is 1.04 bits per heavy atom. The zero-order chi connectivity index (χ0) is 16.9. The van der Waals surface area contributed by atoms with Gasteiger partial charge < -0.3 is 15.7 Å². The van der Waals surface area contributed by atoms with E-state index < -0.39 is 0 Å². The summed E-state index contributed by atoms with van der Waals surface area (Å²) in [6.07, 6.45) is 1.70. The van der Waals surface area contributed by atoms with Crippen LogP contribution in [0.4, 0.5) is 17.3 Å². The van der Waals surface area contributed by atoms with Gasteiger partial charge in [-0.3, -0.25) is 0 Å². The zero-order valence-electron chi connectivity index (χ0n) is 13.3. The van der Waals surface area contributed by atoms with Crippen molar-refractivity contribution in [3.05, 3.63) is 73.1 Å². The molecule has 0 saturated carbocycles. The van der Waals surface area contributed by atoms with Crippen LogP contribution in [-0.2, 0) is 0 Å². The lowest BCUT2D eigenvalue weighted by atomic mass is 10.1. The number of anilines is 3. The lowest BCUT2D eigenvalue weighted by molar-refractivity contribution is 0.475. The summed E-state index contributed by atoms with van der Waals surface area (Å²) in [6.45, 7) is 5.75. The lowest BCUT2D eigenvalue weighted by Gasteiger charge is -2.08. The first-order valence-electron chi connectivity index (χ1n) is 7.52. The number of hydrogen-bond acceptors (Lipinski definition) is 5. The summed E-state index contributed by atoms with van der Waals surface area (Å²) in [6, 6.07) is 16.6. The summed E-state index contributed by atoms with van der Waals surface area (Å²) in [7, 11) is 0. The molecule has 0 aliphatic carbocycles. The maximum atomic E-state index is 9.52. The highest BCUT2D eigenvalue weighted by Gasteiger charge is 2.04. The van der Waals surface area contributed by atoms with E-state index in [1.165, 1.54) is 0 Å². The standard InChI is InChI=1S/C19H18N4O/c1-13(2)21-15-8-6-14(7-9-15)18-10-11-20-19(23-18)22-16-4-3-5-17(24)12-16/h3-12,21,24H,1H2,2H3,(H,20,22,23). The van der Waals surface area contributed by atoms with Gasteiger partial charge in [0.15, 0.2) is 0 Å². The van der Waals surface area contributed by atoms with E-state index in [0.29, 0.717) is 5.95 Å². The highest BCUT2D eigenvalue weighted by molar-refractivity contribution is 5.65. The number of rotatable bonds is 5. The first kappa shape index (κ1) is 15.6. The van der Waals surface area contributed by atoms with E-state index in [2.05, 4.69) is 27.2 Å². The van der Waals surface area contributed by atoms with Crippen LogP contribution >= 0.6 is 0 Å². The summed E-state index contributed by atoms with van der Waals surface area (Å²) in [5.74, 6) is 0.666. The first-order chi connectivity index (χ1) is 11.6. The number of phenols is 1. The molecule has 3 N–H and O–H groups in total. The van der Waals surface area contributed by atoms with Crippen LogP contribution in [0.5, 0.6) is 5.75 Å². The number of phenolic OH excluding ortho intramolecular Hbond substituents is 1. The number of benzene rings is 2. The molecule has 1 heterocycles. The van der Waals surface area contributed by atoms with E-state index in [0.717, 1.165) is 28.3 Å². The molecule has 3 rings (SSSR count). The van der Waals surface area contributed by atoms with Gasteiger partial charge >= 0.3 is 0 Å².